The molecule has 0 spiro atoms. The zero-order chi connectivity index (χ0) is 14.2. The summed E-state index contributed by atoms with van der Waals surface area (Å²) in [5.74, 6) is 0.905. The summed E-state index contributed by atoms with van der Waals surface area (Å²) >= 11 is 3.44. The Kier molecular flexibility index (Phi) is 6.79. The highest BCUT2D eigenvalue weighted by molar-refractivity contribution is 9.10. The number of morpholine rings is 1. The highest BCUT2D eigenvalue weighted by Crippen LogP contribution is 2.17. The summed E-state index contributed by atoms with van der Waals surface area (Å²) < 4.78 is 12.1. The molecule has 1 N–H and O–H groups in total. The Morgan fingerprint density at radius 3 is 2.95 bits per heavy atom. The number of benzene rings is 1. The van der Waals surface area contributed by atoms with E-state index < -0.39 is 0 Å². The van der Waals surface area contributed by atoms with Crippen molar-refractivity contribution in [2.75, 3.05) is 46.0 Å². The molecule has 1 unspecified atom stereocenters. The number of hydrogen-bond acceptors (Lipinski definition) is 4. The number of ether oxygens (including phenoxy) is 2. The SMILES string of the molecule is CC(CN1CCOCC1)NCCOc1cccc(Br)c1. The molecule has 1 saturated heterocycles. The molecule has 1 heterocycles. The van der Waals surface area contributed by atoms with Crippen molar-refractivity contribution in [3.8, 4) is 5.75 Å². The lowest BCUT2D eigenvalue weighted by Crippen LogP contribution is -2.45. The van der Waals surface area contributed by atoms with Gasteiger partial charge in [-0.25, -0.2) is 0 Å². The van der Waals surface area contributed by atoms with E-state index in [0.717, 1.165) is 49.6 Å². The first-order chi connectivity index (χ1) is 9.74. The Bertz CT molecular complexity index is 397. The third-order valence-electron chi connectivity index (χ3n) is 3.30. The predicted molar refractivity (Wildman–Crippen MR) is 84.4 cm³/mol. The Balaban J connectivity index is 1.58. The Labute approximate surface area is 129 Å². The minimum atomic E-state index is 0.471. The van der Waals surface area contributed by atoms with Crippen molar-refractivity contribution >= 4 is 15.9 Å². The van der Waals surface area contributed by atoms with Crippen LogP contribution in [0.5, 0.6) is 5.75 Å². The van der Waals surface area contributed by atoms with Crippen LogP contribution in [0.4, 0.5) is 0 Å². The molecule has 0 radical (unpaired) electrons. The minimum Gasteiger partial charge on any atom is -0.492 e. The van der Waals surface area contributed by atoms with Gasteiger partial charge in [-0.05, 0) is 25.1 Å². The first-order valence-corrected chi connectivity index (χ1v) is 7.95. The molecule has 1 aliphatic heterocycles. The zero-order valence-corrected chi connectivity index (χ0v) is 13.6. The molecule has 20 heavy (non-hydrogen) atoms. The second-order valence-corrected chi connectivity index (χ2v) is 5.99. The summed E-state index contributed by atoms with van der Waals surface area (Å²) in [5, 5.41) is 3.50. The Morgan fingerprint density at radius 1 is 1.40 bits per heavy atom. The zero-order valence-electron chi connectivity index (χ0n) is 12.0. The van der Waals surface area contributed by atoms with Gasteiger partial charge in [0.05, 0.1) is 13.2 Å². The fraction of sp³-hybridized carbons (Fsp3) is 0.600. The molecule has 1 aliphatic rings. The summed E-state index contributed by atoms with van der Waals surface area (Å²) in [6, 6.07) is 8.40. The molecule has 0 aromatic heterocycles. The van der Waals surface area contributed by atoms with Crippen molar-refractivity contribution in [2.45, 2.75) is 13.0 Å². The molecule has 0 bridgehead atoms. The van der Waals surface area contributed by atoms with Crippen molar-refractivity contribution in [3.63, 3.8) is 0 Å². The fourth-order valence-electron chi connectivity index (χ4n) is 2.27. The molecule has 1 aromatic rings. The van der Waals surface area contributed by atoms with Crippen LogP contribution < -0.4 is 10.1 Å². The molecule has 0 amide bonds. The van der Waals surface area contributed by atoms with E-state index in [1.807, 2.05) is 24.3 Å². The number of halogens is 1. The van der Waals surface area contributed by atoms with Crippen LogP contribution in [0.3, 0.4) is 0 Å². The topological polar surface area (TPSA) is 33.7 Å². The summed E-state index contributed by atoms with van der Waals surface area (Å²) in [4.78, 5) is 2.44. The average Bonchev–Trinajstić information content (AvgIpc) is 2.45. The van der Waals surface area contributed by atoms with Crippen LogP contribution in [-0.4, -0.2) is 56.9 Å². The highest BCUT2D eigenvalue weighted by atomic mass is 79.9. The molecular weight excluding hydrogens is 320 g/mol. The maximum Gasteiger partial charge on any atom is 0.120 e. The van der Waals surface area contributed by atoms with Gasteiger partial charge in [0.15, 0.2) is 0 Å². The first kappa shape index (κ1) is 15.8. The fourth-order valence-corrected chi connectivity index (χ4v) is 2.64. The molecule has 5 heteroatoms. The largest absolute Gasteiger partial charge is 0.492 e. The number of nitrogens with one attached hydrogen (secondary N) is 1. The number of hydrogen-bond donors (Lipinski definition) is 1. The predicted octanol–water partition coefficient (Wildman–Crippen LogP) is 2.14. The van der Waals surface area contributed by atoms with Gasteiger partial charge in [-0.1, -0.05) is 22.0 Å². The van der Waals surface area contributed by atoms with Crippen LogP contribution in [0.1, 0.15) is 6.92 Å². The standard InChI is InChI=1S/C15H23BrN2O2/c1-13(12-18-6-9-19-10-7-18)17-5-8-20-15-4-2-3-14(16)11-15/h2-4,11,13,17H,5-10,12H2,1H3. The van der Waals surface area contributed by atoms with Gasteiger partial charge in [-0.3, -0.25) is 4.90 Å². The molecule has 1 atom stereocenters. The molecule has 1 aromatic carbocycles. The van der Waals surface area contributed by atoms with Gasteiger partial charge in [0.25, 0.3) is 0 Å². The molecule has 1 fully saturated rings. The van der Waals surface area contributed by atoms with Crippen molar-refractivity contribution < 1.29 is 9.47 Å². The maximum atomic E-state index is 5.70. The number of nitrogens with zero attached hydrogens (tertiary/aromatic N) is 1. The van der Waals surface area contributed by atoms with Crippen LogP contribution in [0.15, 0.2) is 28.7 Å². The van der Waals surface area contributed by atoms with Crippen LogP contribution in [0, 0.1) is 0 Å². The number of rotatable bonds is 7. The van der Waals surface area contributed by atoms with Gasteiger partial charge in [0.1, 0.15) is 12.4 Å². The van der Waals surface area contributed by atoms with Gasteiger partial charge >= 0.3 is 0 Å². The first-order valence-electron chi connectivity index (χ1n) is 7.16. The molecule has 0 saturated carbocycles. The molecular formula is C15H23BrN2O2. The maximum absolute atomic E-state index is 5.70. The van der Waals surface area contributed by atoms with E-state index in [9.17, 15) is 0 Å². The van der Waals surface area contributed by atoms with E-state index >= 15 is 0 Å². The van der Waals surface area contributed by atoms with Crippen LogP contribution >= 0.6 is 15.9 Å². The average molecular weight is 343 g/mol. The monoisotopic (exact) mass is 342 g/mol. The van der Waals surface area contributed by atoms with E-state index in [0.29, 0.717) is 12.6 Å². The lowest BCUT2D eigenvalue weighted by atomic mass is 10.3. The van der Waals surface area contributed by atoms with E-state index in [1.165, 1.54) is 0 Å². The Hall–Kier alpha value is -0.620. The van der Waals surface area contributed by atoms with Gasteiger partial charge < -0.3 is 14.8 Å². The van der Waals surface area contributed by atoms with Crippen LogP contribution in [0.2, 0.25) is 0 Å². The summed E-state index contributed by atoms with van der Waals surface area (Å²) in [6.07, 6.45) is 0. The molecule has 4 nitrogen and oxygen atoms in total. The minimum absolute atomic E-state index is 0.471. The molecule has 112 valence electrons. The van der Waals surface area contributed by atoms with Gasteiger partial charge in [0.2, 0.25) is 0 Å². The second-order valence-electron chi connectivity index (χ2n) is 5.07. The second kappa shape index (κ2) is 8.62. The summed E-state index contributed by atoms with van der Waals surface area (Å²) in [7, 11) is 0. The van der Waals surface area contributed by atoms with E-state index in [2.05, 4.69) is 33.1 Å². The van der Waals surface area contributed by atoms with Crippen molar-refractivity contribution in [2.24, 2.45) is 0 Å². The summed E-state index contributed by atoms with van der Waals surface area (Å²) in [6.45, 7) is 8.63. The van der Waals surface area contributed by atoms with Gasteiger partial charge in [-0.2, -0.15) is 0 Å². The van der Waals surface area contributed by atoms with E-state index in [4.69, 9.17) is 9.47 Å². The lowest BCUT2D eigenvalue weighted by Gasteiger charge is -2.29. The normalized spacial score (nSPS) is 17.9. The van der Waals surface area contributed by atoms with Gasteiger partial charge in [-0.15, -0.1) is 0 Å². The smallest absolute Gasteiger partial charge is 0.120 e. The van der Waals surface area contributed by atoms with Crippen molar-refractivity contribution in [1.82, 2.24) is 10.2 Å². The Morgan fingerprint density at radius 2 is 2.20 bits per heavy atom. The van der Waals surface area contributed by atoms with Crippen LogP contribution in [-0.2, 0) is 4.74 Å². The third kappa shape index (κ3) is 5.79. The van der Waals surface area contributed by atoms with Crippen molar-refractivity contribution in [3.05, 3.63) is 28.7 Å². The van der Waals surface area contributed by atoms with E-state index in [-0.39, 0.29) is 0 Å². The highest BCUT2D eigenvalue weighted by Gasteiger charge is 2.12. The summed E-state index contributed by atoms with van der Waals surface area (Å²) in [5.41, 5.74) is 0. The lowest BCUT2D eigenvalue weighted by molar-refractivity contribution is 0.0342. The van der Waals surface area contributed by atoms with Crippen molar-refractivity contribution in [1.29, 1.82) is 0 Å². The molecule has 0 aliphatic carbocycles. The third-order valence-corrected chi connectivity index (χ3v) is 3.79. The van der Waals surface area contributed by atoms with Gasteiger partial charge in [0, 0.05) is 36.7 Å². The van der Waals surface area contributed by atoms with E-state index in [1.54, 1.807) is 0 Å². The quantitative estimate of drug-likeness (QED) is 0.769. The molecule has 2 rings (SSSR count). The van der Waals surface area contributed by atoms with Crippen LogP contribution in [0.25, 0.3) is 0 Å².